The van der Waals surface area contributed by atoms with E-state index in [9.17, 15) is 14.4 Å². The number of benzene rings is 2. The highest BCUT2D eigenvalue weighted by Crippen LogP contribution is 2.27. The number of hydrazine groups is 1. The molecule has 0 fully saturated rings. The molecule has 174 valence electrons. The molecular weight excluding hydrogens is 444 g/mol. The molecule has 0 aliphatic rings. The van der Waals surface area contributed by atoms with Crippen molar-refractivity contribution >= 4 is 46.8 Å². The standard InChI is InChI=1S/C23H26N4O5S/c1-14(2)21(29)24-17-9-7-16(8-10-17)22(30)26-27-23(33)25-20(28)12-6-15-5-11-18(31-3)19(13-15)32-4/h5-14H,1-4H3,(H,24,29)(H,26,30)(H2,25,27,28,33)/b12-6+. The van der Waals surface area contributed by atoms with Gasteiger partial charge in [-0.2, -0.15) is 0 Å². The Morgan fingerprint density at radius 2 is 1.61 bits per heavy atom. The Balaban J connectivity index is 1.83. The molecule has 2 rings (SSSR count). The minimum atomic E-state index is -0.484. The van der Waals surface area contributed by atoms with E-state index < -0.39 is 11.8 Å². The van der Waals surface area contributed by atoms with Crippen molar-refractivity contribution in [3.63, 3.8) is 0 Å². The van der Waals surface area contributed by atoms with Gasteiger partial charge in [0.2, 0.25) is 11.8 Å². The van der Waals surface area contributed by atoms with Crippen molar-refractivity contribution in [1.82, 2.24) is 16.2 Å². The first-order chi connectivity index (χ1) is 15.7. The zero-order valence-corrected chi connectivity index (χ0v) is 19.5. The van der Waals surface area contributed by atoms with Crippen LogP contribution in [-0.2, 0) is 9.59 Å². The molecular formula is C23H26N4O5S. The molecule has 0 aromatic heterocycles. The summed E-state index contributed by atoms with van der Waals surface area (Å²) in [5, 5.41) is 5.09. The summed E-state index contributed by atoms with van der Waals surface area (Å²) >= 11 is 5.02. The highest BCUT2D eigenvalue weighted by Gasteiger charge is 2.10. The molecule has 0 aliphatic heterocycles. The number of hydrogen-bond donors (Lipinski definition) is 4. The molecule has 9 nitrogen and oxygen atoms in total. The second kappa shape index (κ2) is 12.2. The van der Waals surface area contributed by atoms with Gasteiger partial charge in [0.1, 0.15) is 0 Å². The van der Waals surface area contributed by atoms with Crippen molar-refractivity contribution in [2.45, 2.75) is 13.8 Å². The second-order valence-electron chi connectivity index (χ2n) is 7.07. The van der Waals surface area contributed by atoms with Crippen molar-refractivity contribution < 1.29 is 23.9 Å². The summed E-state index contributed by atoms with van der Waals surface area (Å²) < 4.78 is 10.4. The van der Waals surface area contributed by atoms with Crippen molar-refractivity contribution in [2.75, 3.05) is 19.5 Å². The van der Waals surface area contributed by atoms with Crippen LogP contribution in [-0.4, -0.2) is 37.1 Å². The molecule has 2 aromatic rings. The number of carbonyl (C=O) groups excluding carboxylic acids is 3. The number of carbonyl (C=O) groups is 3. The van der Waals surface area contributed by atoms with Crippen molar-refractivity contribution in [2.24, 2.45) is 5.92 Å². The van der Waals surface area contributed by atoms with Gasteiger partial charge in [-0.3, -0.25) is 30.6 Å². The largest absolute Gasteiger partial charge is 0.493 e. The molecule has 0 atom stereocenters. The summed E-state index contributed by atoms with van der Waals surface area (Å²) in [7, 11) is 3.06. The normalized spacial score (nSPS) is 10.5. The predicted molar refractivity (Wildman–Crippen MR) is 130 cm³/mol. The molecule has 10 heteroatoms. The summed E-state index contributed by atoms with van der Waals surface area (Å²) in [6.45, 7) is 3.58. The van der Waals surface area contributed by atoms with Gasteiger partial charge in [0, 0.05) is 23.2 Å². The van der Waals surface area contributed by atoms with Gasteiger partial charge < -0.3 is 14.8 Å². The van der Waals surface area contributed by atoms with Crippen molar-refractivity contribution in [3.8, 4) is 11.5 Å². The number of thiocarbonyl (C=S) groups is 1. The molecule has 0 spiro atoms. The Kier molecular flexibility index (Phi) is 9.37. The van der Waals surface area contributed by atoms with Gasteiger partial charge in [-0.1, -0.05) is 19.9 Å². The van der Waals surface area contributed by atoms with E-state index in [0.29, 0.717) is 22.7 Å². The summed E-state index contributed by atoms with van der Waals surface area (Å²) in [5.74, 6) is -0.0983. The lowest BCUT2D eigenvalue weighted by Gasteiger charge is -2.11. The lowest BCUT2D eigenvalue weighted by atomic mass is 10.1. The second-order valence-corrected chi connectivity index (χ2v) is 7.47. The number of nitrogens with one attached hydrogen (secondary N) is 4. The molecule has 0 heterocycles. The summed E-state index contributed by atoms with van der Waals surface area (Å²) in [4.78, 5) is 36.0. The van der Waals surface area contributed by atoms with Crippen LogP contribution in [0.2, 0.25) is 0 Å². The van der Waals surface area contributed by atoms with Crippen LogP contribution in [0.4, 0.5) is 5.69 Å². The molecule has 0 radical (unpaired) electrons. The summed E-state index contributed by atoms with van der Waals surface area (Å²) in [5.41, 5.74) is 6.51. The monoisotopic (exact) mass is 470 g/mol. The van der Waals surface area contributed by atoms with Crippen LogP contribution < -0.4 is 31.0 Å². The molecule has 0 aliphatic carbocycles. The number of anilines is 1. The SMILES string of the molecule is COc1ccc(/C=C/C(=O)NC(=S)NNC(=O)c2ccc(NC(=O)C(C)C)cc2)cc1OC. The molecule has 0 saturated heterocycles. The molecule has 0 bridgehead atoms. The maximum atomic E-state index is 12.2. The van der Waals surface area contributed by atoms with E-state index in [1.54, 1.807) is 62.4 Å². The quantitative estimate of drug-likeness (QED) is 0.279. The van der Waals surface area contributed by atoms with Gasteiger partial charge in [-0.05, 0) is 60.3 Å². The molecule has 0 unspecified atom stereocenters. The fourth-order valence-corrected chi connectivity index (χ4v) is 2.64. The Morgan fingerprint density at radius 1 is 0.939 bits per heavy atom. The average molecular weight is 471 g/mol. The van der Waals surface area contributed by atoms with Crippen LogP contribution in [0.3, 0.4) is 0 Å². The first-order valence-corrected chi connectivity index (χ1v) is 10.4. The third-order valence-electron chi connectivity index (χ3n) is 4.30. The van der Waals surface area contributed by atoms with E-state index in [-0.39, 0.29) is 16.9 Å². The third-order valence-corrected chi connectivity index (χ3v) is 4.50. The lowest BCUT2D eigenvalue weighted by molar-refractivity contribution is -0.119. The number of amides is 3. The fourth-order valence-electron chi connectivity index (χ4n) is 2.49. The van der Waals surface area contributed by atoms with Crippen LogP contribution in [0.1, 0.15) is 29.8 Å². The first-order valence-electron chi connectivity index (χ1n) is 9.95. The van der Waals surface area contributed by atoms with Gasteiger partial charge in [0.15, 0.2) is 16.6 Å². The molecule has 0 saturated carbocycles. The lowest BCUT2D eigenvalue weighted by Crippen LogP contribution is -2.48. The number of rotatable bonds is 7. The van der Waals surface area contributed by atoms with Crippen LogP contribution in [0.5, 0.6) is 11.5 Å². The first kappa shape index (κ1) is 25.3. The summed E-state index contributed by atoms with van der Waals surface area (Å²) in [6.07, 6.45) is 2.87. The zero-order valence-electron chi connectivity index (χ0n) is 18.7. The maximum Gasteiger partial charge on any atom is 0.269 e. The van der Waals surface area contributed by atoms with E-state index in [1.165, 1.54) is 20.3 Å². The topological polar surface area (TPSA) is 118 Å². The van der Waals surface area contributed by atoms with Gasteiger partial charge in [0.25, 0.3) is 5.91 Å². The summed E-state index contributed by atoms with van der Waals surface area (Å²) in [6, 6.07) is 11.6. The van der Waals surface area contributed by atoms with E-state index in [0.717, 1.165) is 5.56 Å². The minimum absolute atomic E-state index is 0.0777. The van der Waals surface area contributed by atoms with Crippen LogP contribution in [0.15, 0.2) is 48.5 Å². The van der Waals surface area contributed by atoms with E-state index in [4.69, 9.17) is 21.7 Å². The van der Waals surface area contributed by atoms with Crippen molar-refractivity contribution in [1.29, 1.82) is 0 Å². The van der Waals surface area contributed by atoms with Crippen LogP contribution in [0.25, 0.3) is 6.08 Å². The Hall–Kier alpha value is -3.92. The predicted octanol–water partition coefficient (Wildman–Crippen LogP) is 2.65. The molecule has 4 N–H and O–H groups in total. The third kappa shape index (κ3) is 7.93. The Morgan fingerprint density at radius 3 is 2.21 bits per heavy atom. The zero-order chi connectivity index (χ0) is 24.4. The van der Waals surface area contributed by atoms with Crippen LogP contribution in [0, 0.1) is 5.92 Å². The fraction of sp³-hybridized carbons (Fsp3) is 0.217. The molecule has 2 aromatic carbocycles. The van der Waals surface area contributed by atoms with Gasteiger partial charge >= 0.3 is 0 Å². The Bertz CT molecular complexity index is 1050. The number of methoxy groups -OCH3 is 2. The highest BCUT2D eigenvalue weighted by molar-refractivity contribution is 7.80. The average Bonchev–Trinajstić information content (AvgIpc) is 2.81. The van der Waals surface area contributed by atoms with E-state index in [2.05, 4.69) is 21.5 Å². The van der Waals surface area contributed by atoms with E-state index in [1.807, 2.05) is 0 Å². The highest BCUT2D eigenvalue weighted by atomic mass is 32.1. The van der Waals surface area contributed by atoms with Gasteiger partial charge in [-0.15, -0.1) is 0 Å². The van der Waals surface area contributed by atoms with E-state index >= 15 is 0 Å². The van der Waals surface area contributed by atoms with Crippen LogP contribution >= 0.6 is 12.2 Å². The maximum absolute atomic E-state index is 12.2. The molecule has 3 amide bonds. The van der Waals surface area contributed by atoms with Gasteiger partial charge in [-0.25, -0.2) is 0 Å². The number of ether oxygens (including phenoxy) is 2. The van der Waals surface area contributed by atoms with Crippen molar-refractivity contribution in [3.05, 3.63) is 59.7 Å². The number of hydrogen-bond acceptors (Lipinski definition) is 6. The molecule has 33 heavy (non-hydrogen) atoms. The smallest absolute Gasteiger partial charge is 0.269 e. The Labute approximate surface area is 197 Å². The minimum Gasteiger partial charge on any atom is -0.493 e. The van der Waals surface area contributed by atoms with Gasteiger partial charge in [0.05, 0.1) is 14.2 Å².